The molecule has 0 aliphatic carbocycles. The van der Waals surface area contributed by atoms with E-state index < -0.39 is 0 Å². The molecule has 0 spiro atoms. The third-order valence-corrected chi connectivity index (χ3v) is 3.66. The molecule has 102 valence electrons. The van der Waals surface area contributed by atoms with Gasteiger partial charge in [0.2, 0.25) is 0 Å². The minimum absolute atomic E-state index is 0.0145. The van der Waals surface area contributed by atoms with Gasteiger partial charge in [-0.2, -0.15) is 0 Å². The van der Waals surface area contributed by atoms with E-state index in [1.807, 2.05) is 30.3 Å². The Balaban J connectivity index is 1.91. The zero-order chi connectivity index (χ0) is 14.1. The van der Waals surface area contributed by atoms with Crippen molar-refractivity contribution in [1.82, 2.24) is 10.9 Å². The Kier molecular flexibility index (Phi) is 3.57. The summed E-state index contributed by atoms with van der Waals surface area (Å²) in [6.45, 7) is 0. The van der Waals surface area contributed by atoms with Crippen molar-refractivity contribution >= 4 is 28.9 Å². The smallest absolute Gasteiger partial charge is 0.125 e. The number of hydrazine groups is 1. The molecule has 1 atom stereocenters. The fourth-order valence-electron chi connectivity index (χ4n) is 2.14. The Morgan fingerprint density at radius 1 is 0.950 bits per heavy atom. The van der Waals surface area contributed by atoms with Crippen LogP contribution in [0.15, 0.2) is 48.5 Å². The maximum atomic E-state index is 9.90. The number of phenolic OH excluding ortho intramolecular Hbond substituents is 1. The SMILES string of the molecule is Oc1ccc(Cl)cc1C1=CC(c2ccc(Cl)cc2)NN1. The first-order valence-electron chi connectivity index (χ1n) is 6.11. The zero-order valence-electron chi connectivity index (χ0n) is 10.4. The van der Waals surface area contributed by atoms with Crippen LogP contribution in [-0.2, 0) is 0 Å². The van der Waals surface area contributed by atoms with Crippen molar-refractivity contribution in [2.75, 3.05) is 0 Å². The Bertz CT molecular complexity index is 668. The standard InChI is InChI=1S/C15H12Cl2N2O/c16-10-3-1-9(2-4-10)13-8-14(19-18-13)12-7-11(17)5-6-15(12)20/h1-8,13,18-20H. The molecule has 0 saturated heterocycles. The average molecular weight is 307 g/mol. The molecule has 0 amide bonds. The van der Waals surface area contributed by atoms with E-state index in [2.05, 4.69) is 10.9 Å². The lowest BCUT2D eigenvalue weighted by molar-refractivity contribution is 0.473. The second kappa shape index (κ2) is 5.37. The highest BCUT2D eigenvalue weighted by atomic mass is 35.5. The maximum Gasteiger partial charge on any atom is 0.125 e. The van der Waals surface area contributed by atoms with Gasteiger partial charge in [0.05, 0.1) is 11.7 Å². The molecule has 3 rings (SSSR count). The van der Waals surface area contributed by atoms with Crippen molar-refractivity contribution < 1.29 is 5.11 Å². The van der Waals surface area contributed by atoms with Gasteiger partial charge in [-0.05, 0) is 42.0 Å². The minimum Gasteiger partial charge on any atom is -0.507 e. The number of benzene rings is 2. The highest BCUT2D eigenvalue weighted by molar-refractivity contribution is 6.31. The summed E-state index contributed by atoms with van der Waals surface area (Å²) in [5.41, 5.74) is 8.76. The first-order valence-corrected chi connectivity index (χ1v) is 6.87. The largest absolute Gasteiger partial charge is 0.507 e. The lowest BCUT2D eigenvalue weighted by Crippen LogP contribution is -2.26. The van der Waals surface area contributed by atoms with Crippen molar-refractivity contribution in [3.8, 4) is 5.75 Å². The Hall–Kier alpha value is -1.68. The van der Waals surface area contributed by atoms with E-state index >= 15 is 0 Å². The molecule has 0 fully saturated rings. The van der Waals surface area contributed by atoms with Crippen LogP contribution < -0.4 is 10.9 Å². The summed E-state index contributed by atoms with van der Waals surface area (Å²) in [4.78, 5) is 0. The number of rotatable bonds is 2. The summed E-state index contributed by atoms with van der Waals surface area (Å²) < 4.78 is 0. The Labute approximate surface area is 126 Å². The second-order valence-electron chi connectivity index (χ2n) is 4.54. The van der Waals surface area contributed by atoms with E-state index in [4.69, 9.17) is 23.2 Å². The molecule has 0 saturated carbocycles. The van der Waals surface area contributed by atoms with Crippen LogP contribution in [0.25, 0.3) is 5.70 Å². The molecule has 2 aromatic carbocycles. The molecule has 20 heavy (non-hydrogen) atoms. The molecule has 1 unspecified atom stereocenters. The number of halogens is 2. The summed E-state index contributed by atoms with van der Waals surface area (Å²) >= 11 is 11.8. The summed E-state index contributed by atoms with van der Waals surface area (Å²) in [7, 11) is 0. The van der Waals surface area contributed by atoms with Gasteiger partial charge in [-0.15, -0.1) is 0 Å². The summed E-state index contributed by atoms with van der Waals surface area (Å²) in [5.74, 6) is 0.187. The summed E-state index contributed by atoms with van der Waals surface area (Å²) in [6.07, 6.45) is 1.99. The molecule has 0 radical (unpaired) electrons. The number of phenols is 1. The minimum atomic E-state index is 0.0145. The topological polar surface area (TPSA) is 44.3 Å². The number of hydrogen-bond acceptors (Lipinski definition) is 3. The molecule has 3 N–H and O–H groups in total. The molecule has 1 heterocycles. The average Bonchev–Trinajstić information content (AvgIpc) is 2.92. The lowest BCUT2D eigenvalue weighted by Gasteiger charge is -2.09. The molecule has 1 aliphatic heterocycles. The fourth-order valence-corrected chi connectivity index (χ4v) is 2.43. The van der Waals surface area contributed by atoms with E-state index in [0.717, 1.165) is 11.3 Å². The van der Waals surface area contributed by atoms with Crippen molar-refractivity contribution in [1.29, 1.82) is 0 Å². The highest BCUT2D eigenvalue weighted by Crippen LogP contribution is 2.31. The second-order valence-corrected chi connectivity index (χ2v) is 5.41. The third kappa shape index (κ3) is 2.61. The highest BCUT2D eigenvalue weighted by Gasteiger charge is 2.19. The Morgan fingerprint density at radius 3 is 2.40 bits per heavy atom. The molecular formula is C15H12Cl2N2O. The normalized spacial score (nSPS) is 17.7. The molecule has 1 aliphatic rings. The summed E-state index contributed by atoms with van der Waals surface area (Å²) in [5, 5.41) is 11.2. The van der Waals surface area contributed by atoms with E-state index in [-0.39, 0.29) is 11.8 Å². The molecule has 3 nitrogen and oxygen atoms in total. The van der Waals surface area contributed by atoms with Crippen LogP contribution in [-0.4, -0.2) is 5.11 Å². The van der Waals surface area contributed by atoms with E-state index in [9.17, 15) is 5.11 Å². The van der Waals surface area contributed by atoms with Crippen LogP contribution in [0.4, 0.5) is 0 Å². The van der Waals surface area contributed by atoms with E-state index in [0.29, 0.717) is 15.6 Å². The van der Waals surface area contributed by atoms with Gasteiger partial charge in [0, 0.05) is 15.6 Å². The maximum absolute atomic E-state index is 9.90. The van der Waals surface area contributed by atoms with Crippen LogP contribution in [0, 0.1) is 0 Å². The Morgan fingerprint density at radius 2 is 1.65 bits per heavy atom. The van der Waals surface area contributed by atoms with Crippen molar-refractivity contribution in [2.45, 2.75) is 6.04 Å². The number of hydrogen-bond donors (Lipinski definition) is 3. The molecule has 0 aromatic heterocycles. The fraction of sp³-hybridized carbons (Fsp3) is 0.0667. The van der Waals surface area contributed by atoms with Crippen LogP contribution in [0.1, 0.15) is 17.2 Å². The van der Waals surface area contributed by atoms with Gasteiger partial charge in [0.1, 0.15) is 5.75 Å². The quantitative estimate of drug-likeness (QED) is 0.788. The van der Waals surface area contributed by atoms with Crippen LogP contribution in [0.3, 0.4) is 0 Å². The van der Waals surface area contributed by atoms with Crippen LogP contribution in [0.2, 0.25) is 10.0 Å². The predicted octanol–water partition coefficient (Wildman–Crippen LogP) is 3.89. The van der Waals surface area contributed by atoms with Crippen molar-refractivity contribution in [3.05, 3.63) is 69.7 Å². The van der Waals surface area contributed by atoms with Gasteiger partial charge in [0.15, 0.2) is 0 Å². The zero-order valence-corrected chi connectivity index (χ0v) is 11.9. The summed E-state index contributed by atoms with van der Waals surface area (Å²) in [6, 6.07) is 12.6. The first-order chi connectivity index (χ1) is 9.63. The van der Waals surface area contributed by atoms with Gasteiger partial charge < -0.3 is 10.5 Å². The van der Waals surface area contributed by atoms with Gasteiger partial charge in [-0.25, -0.2) is 5.43 Å². The molecule has 5 heteroatoms. The third-order valence-electron chi connectivity index (χ3n) is 3.17. The van der Waals surface area contributed by atoms with E-state index in [1.54, 1.807) is 18.2 Å². The molecular weight excluding hydrogens is 295 g/mol. The van der Waals surface area contributed by atoms with Crippen molar-refractivity contribution in [3.63, 3.8) is 0 Å². The molecule has 0 bridgehead atoms. The van der Waals surface area contributed by atoms with Crippen molar-refractivity contribution in [2.24, 2.45) is 0 Å². The van der Waals surface area contributed by atoms with Gasteiger partial charge >= 0.3 is 0 Å². The van der Waals surface area contributed by atoms with Crippen LogP contribution >= 0.6 is 23.2 Å². The lowest BCUT2D eigenvalue weighted by atomic mass is 10.1. The van der Waals surface area contributed by atoms with Gasteiger partial charge in [-0.1, -0.05) is 35.3 Å². The number of aromatic hydroxyl groups is 1. The molecule has 2 aromatic rings. The predicted molar refractivity (Wildman–Crippen MR) is 81.6 cm³/mol. The monoisotopic (exact) mass is 306 g/mol. The first kappa shape index (κ1) is 13.3. The number of nitrogens with one attached hydrogen (secondary N) is 2. The van der Waals surface area contributed by atoms with E-state index in [1.165, 1.54) is 0 Å². The van der Waals surface area contributed by atoms with Crippen LogP contribution in [0.5, 0.6) is 5.75 Å². The van der Waals surface area contributed by atoms with Gasteiger partial charge in [0.25, 0.3) is 0 Å². The van der Waals surface area contributed by atoms with Gasteiger partial charge in [-0.3, -0.25) is 0 Å².